The largest absolute Gasteiger partial charge is 0.444 e. The fourth-order valence-electron chi connectivity index (χ4n) is 2.37. The summed E-state index contributed by atoms with van der Waals surface area (Å²) < 4.78 is 7.36. The SMILES string of the molecule is CCc1nncn1CCNC(=NC)NCC(NC(=O)OC(C)(C)C)C(C)C.I. The number of nitrogens with zero attached hydrogens (tertiary/aromatic N) is 4. The quantitative estimate of drug-likeness (QED) is 0.282. The van der Waals surface area contributed by atoms with E-state index in [1.807, 2.05) is 25.3 Å². The monoisotopic (exact) mass is 509 g/mol. The number of alkyl carbamates (subject to hydrolysis) is 1. The highest BCUT2D eigenvalue weighted by Gasteiger charge is 2.21. The van der Waals surface area contributed by atoms with Crippen LogP contribution in [0.15, 0.2) is 11.3 Å². The highest BCUT2D eigenvalue weighted by molar-refractivity contribution is 14.0. The van der Waals surface area contributed by atoms with Gasteiger partial charge >= 0.3 is 6.09 Å². The van der Waals surface area contributed by atoms with E-state index in [4.69, 9.17) is 4.74 Å². The minimum Gasteiger partial charge on any atom is -0.444 e. The Hall–Kier alpha value is -1.59. The molecule has 0 saturated carbocycles. The lowest BCUT2D eigenvalue weighted by Crippen LogP contribution is -2.50. The Labute approximate surface area is 185 Å². The van der Waals surface area contributed by atoms with Crippen molar-refractivity contribution in [2.24, 2.45) is 10.9 Å². The smallest absolute Gasteiger partial charge is 0.407 e. The Balaban J connectivity index is 0.00000729. The second-order valence-corrected chi connectivity index (χ2v) is 7.67. The van der Waals surface area contributed by atoms with Gasteiger partial charge < -0.3 is 25.3 Å². The molecule has 0 aliphatic rings. The molecular weight excluding hydrogens is 473 g/mol. The molecule has 0 spiro atoms. The van der Waals surface area contributed by atoms with Gasteiger partial charge in [-0.05, 0) is 26.7 Å². The zero-order valence-electron chi connectivity index (χ0n) is 18.1. The molecule has 0 fully saturated rings. The van der Waals surface area contributed by atoms with E-state index in [2.05, 4.69) is 51.9 Å². The predicted molar refractivity (Wildman–Crippen MR) is 122 cm³/mol. The van der Waals surface area contributed by atoms with Gasteiger partial charge in [-0.15, -0.1) is 34.2 Å². The van der Waals surface area contributed by atoms with Crippen LogP contribution in [-0.2, 0) is 17.7 Å². The van der Waals surface area contributed by atoms with Gasteiger partial charge in [-0.3, -0.25) is 4.99 Å². The van der Waals surface area contributed by atoms with Gasteiger partial charge in [-0.2, -0.15) is 0 Å². The van der Waals surface area contributed by atoms with Gasteiger partial charge in [0.15, 0.2) is 5.96 Å². The molecule has 3 N–H and O–H groups in total. The summed E-state index contributed by atoms with van der Waals surface area (Å²) in [6, 6.07) is -0.0806. The number of hydrogen-bond donors (Lipinski definition) is 3. The summed E-state index contributed by atoms with van der Waals surface area (Å²) in [6.07, 6.45) is 2.17. The molecule has 0 aromatic carbocycles. The normalized spacial score (nSPS) is 12.9. The summed E-state index contributed by atoms with van der Waals surface area (Å²) in [5.41, 5.74) is -0.518. The van der Waals surface area contributed by atoms with Crippen molar-refractivity contribution in [3.63, 3.8) is 0 Å². The van der Waals surface area contributed by atoms with E-state index in [-0.39, 0.29) is 35.9 Å². The number of halogens is 1. The Morgan fingerprint density at radius 1 is 1.32 bits per heavy atom. The molecule has 0 bridgehead atoms. The molecule has 1 amide bonds. The highest BCUT2D eigenvalue weighted by atomic mass is 127. The first-order valence-corrected chi connectivity index (χ1v) is 9.47. The number of amides is 1. The lowest BCUT2D eigenvalue weighted by atomic mass is 10.0. The maximum absolute atomic E-state index is 12.0. The van der Waals surface area contributed by atoms with Crippen LogP contribution in [0, 0.1) is 5.92 Å². The first kappa shape index (κ1) is 26.4. The standard InChI is InChI=1S/C18H35N7O2.HI/c1-8-15-24-22-12-25(15)10-9-20-16(19-7)21-11-14(13(2)3)23-17(26)27-18(4,5)6;/h12-14H,8-11H2,1-7H3,(H,23,26)(H2,19,20,21);1H. The molecule has 0 aliphatic heterocycles. The van der Waals surface area contributed by atoms with Gasteiger partial charge in [0.05, 0.1) is 6.04 Å². The molecule has 1 aromatic heterocycles. The van der Waals surface area contributed by atoms with Gasteiger partial charge in [0.1, 0.15) is 17.8 Å². The maximum Gasteiger partial charge on any atom is 0.407 e. The molecule has 1 unspecified atom stereocenters. The highest BCUT2D eigenvalue weighted by Crippen LogP contribution is 2.08. The molecule has 162 valence electrons. The topological polar surface area (TPSA) is 105 Å². The number of aliphatic imine (C=N–C) groups is 1. The Kier molecular flexibility index (Phi) is 12.1. The average molecular weight is 509 g/mol. The molecule has 1 heterocycles. The van der Waals surface area contributed by atoms with Crippen LogP contribution in [0.3, 0.4) is 0 Å². The van der Waals surface area contributed by atoms with Crippen LogP contribution in [0.4, 0.5) is 4.79 Å². The van der Waals surface area contributed by atoms with E-state index < -0.39 is 11.7 Å². The minimum atomic E-state index is -0.518. The molecule has 1 atom stereocenters. The second-order valence-electron chi connectivity index (χ2n) is 7.67. The van der Waals surface area contributed by atoms with Crippen LogP contribution >= 0.6 is 24.0 Å². The molecule has 1 rings (SSSR count). The van der Waals surface area contributed by atoms with Gasteiger partial charge in [0, 0.05) is 33.1 Å². The fourth-order valence-corrected chi connectivity index (χ4v) is 2.37. The van der Waals surface area contributed by atoms with Crippen molar-refractivity contribution in [3.8, 4) is 0 Å². The number of carbonyl (C=O) groups is 1. The summed E-state index contributed by atoms with van der Waals surface area (Å²) in [5.74, 6) is 1.88. The molecular formula is C18H36IN7O2. The summed E-state index contributed by atoms with van der Waals surface area (Å²) >= 11 is 0. The van der Waals surface area contributed by atoms with Crippen LogP contribution in [0.5, 0.6) is 0 Å². The van der Waals surface area contributed by atoms with Crippen LogP contribution in [-0.4, -0.2) is 58.6 Å². The molecule has 28 heavy (non-hydrogen) atoms. The van der Waals surface area contributed by atoms with Crippen molar-refractivity contribution in [2.45, 2.75) is 66.2 Å². The van der Waals surface area contributed by atoms with Gasteiger partial charge in [-0.25, -0.2) is 4.79 Å². The van der Waals surface area contributed by atoms with Crippen LogP contribution in [0.25, 0.3) is 0 Å². The van der Waals surface area contributed by atoms with Crippen molar-refractivity contribution >= 4 is 36.0 Å². The fraction of sp³-hybridized carbons (Fsp3) is 0.778. The summed E-state index contributed by atoms with van der Waals surface area (Å²) in [6.45, 7) is 13.7. The number of nitrogens with one attached hydrogen (secondary N) is 3. The molecule has 9 nitrogen and oxygen atoms in total. The predicted octanol–water partition coefficient (Wildman–Crippen LogP) is 2.17. The number of guanidine groups is 1. The van der Waals surface area contributed by atoms with E-state index in [1.54, 1.807) is 13.4 Å². The van der Waals surface area contributed by atoms with Crippen molar-refractivity contribution in [2.75, 3.05) is 20.1 Å². The molecule has 0 aliphatic carbocycles. The first-order valence-electron chi connectivity index (χ1n) is 9.47. The summed E-state index contributed by atoms with van der Waals surface area (Å²) in [5, 5.41) is 17.4. The molecule has 1 aromatic rings. The van der Waals surface area contributed by atoms with E-state index >= 15 is 0 Å². The molecule has 0 saturated heterocycles. The van der Waals surface area contributed by atoms with Crippen LogP contribution < -0.4 is 16.0 Å². The first-order chi connectivity index (χ1) is 12.7. The van der Waals surface area contributed by atoms with E-state index in [0.717, 1.165) is 18.8 Å². The third-order valence-electron chi connectivity index (χ3n) is 3.88. The van der Waals surface area contributed by atoms with E-state index in [1.165, 1.54) is 0 Å². The van der Waals surface area contributed by atoms with E-state index in [9.17, 15) is 4.79 Å². The Bertz CT molecular complexity index is 611. The Morgan fingerprint density at radius 2 is 2.00 bits per heavy atom. The summed E-state index contributed by atoms with van der Waals surface area (Å²) in [7, 11) is 1.72. The van der Waals surface area contributed by atoms with Gasteiger partial charge in [-0.1, -0.05) is 20.8 Å². The number of carbonyl (C=O) groups excluding carboxylic acids is 1. The Morgan fingerprint density at radius 3 is 2.54 bits per heavy atom. The summed E-state index contributed by atoms with van der Waals surface area (Å²) in [4.78, 5) is 16.3. The number of hydrogen-bond acceptors (Lipinski definition) is 5. The lowest BCUT2D eigenvalue weighted by molar-refractivity contribution is 0.0491. The number of aryl methyl sites for hydroxylation is 1. The number of ether oxygens (including phenoxy) is 1. The van der Waals surface area contributed by atoms with Crippen molar-refractivity contribution in [1.29, 1.82) is 0 Å². The molecule has 0 radical (unpaired) electrons. The van der Waals surface area contributed by atoms with Crippen molar-refractivity contribution in [1.82, 2.24) is 30.7 Å². The van der Waals surface area contributed by atoms with Crippen molar-refractivity contribution in [3.05, 3.63) is 12.2 Å². The molecule has 10 heteroatoms. The zero-order chi connectivity index (χ0) is 20.4. The van der Waals surface area contributed by atoms with Crippen LogP contribution in [0.1, 0.15) is 47.4 Å². The van der Waals surface area contributed by atoms with Gasteiger partial charge in [0.25, 0.3) is 0 Å². The second kappa shape index (κ2) is 12.8. The third-order valence-corrected chi connectivity index (χ3v) is 3.88. The average Bonchev–Trinajstić information content (AvgIpc) is 3.02. The number of aromatic nitrogens is 3. The maximum atomic E-state index is 12.0. The number of rotatable bonds is 8. The zero-order valence-corrected chi connectivity index (χ0v) is 20.4. The van der Waals surface area contributed by atoms with Gasteiger partial charge in [0.2, 0.25) is 0 Å². The third kappa shape index (κ3) is 10.1. The van der Waals surface area contributed by atoms with Crippen LogP contribution in [0.2, 0.25) is 0 Å². The van der Waals surface area contributed by atoms with E-state index in [0.29, 0.717) is 19.0 Å². The van der Waals surface area contributed by atoms with Crippen molar-refractivity contribution < 1.29 is 9.53 Å². The minimum absolute atomic E-state index is 0. The lowest BCUT2D eigenvalue weighted by Gasteiger charge is -2.26.